The Morgan fingerprint density at radius 3 is 2.32 bits per heavy atom. The number of esters is 1. The second kappa shape index (κ2) is 6.33. The molecule has 0 N–H and O–H groups in total. The molecule has 0 heterocycles. The number of methoxy groups -OCH3 is 1. The number of carbonyl (C=O) groups excluding carboxylic acids is 2. The molecule has 0 fully saturated rings. The van der Waals surface area contributed by atoms with Crippen LogP contribution in [0.15, 0.2) is 12.1 Å². The van der Waals surface area contributed by atoms with E-state index in [2.05, 4.69) is 0 Å². The molecule has 0 atom stereocenters. The van der Waals surface area contributed by atoms with Crippen molar-refractivity contribution in [1.29, 1.82) is 0 Å². The number of likely N-dealkylation sites (N-methyl/N-ethyl adjacent to an activating group) is 1. The predicted molar refractivity (Wildman–Crippen MR) is 71.9 cm³/mol. The normalized spacial score (nSPS) is 10.4. The molecule has 0 spiro atoms. The van der Waals surface area contributed by atoms with Crippen molar-refractivity contribution in [3.8, 4) is 11.5 Å². The van der Waals surface area contributed by atoms with Gasteiger partial charge in [0.15, 0.2) is 17.3 Å². The molecule has 0 aliphatic heterocycles. The van der Waals surface area contributed by atoms with Crippen molar-refractivity contribution in [2.24, 2.45) is 0 Å². The lowest BCUT2D eigenvalue weighted by atomic mass is 10.0. The largest absolute Gasteiger partial charge is 0.493 e. The first-order valence-corrected chi connectivity index (χ1v) is 5.90. The van der Waals surface area contributed by atoms with Crippen molar-refractivity contribution in [1.82, 2.24) is 4.90 Å². The van der Waals surface area contributed by atoms with Crippen LogP contribution in [0.4, 0.5) is 0 Å². The molecule has 0 aliphatic carbocycles. The average molecular weight is 265 g/mol. The highest BCUT2D eigenvalue weighted by Gasteiger charge is 2.16. The molecule has 1 aromatic rings. The second-order valence-electron chi connectivity index (χ2n) is 4.57. The molecule has 0 amide bonds. The number of aryl methyl sites for hydroxylation is 1. The van der Waals surface area contributed by atoms with Crippen LogP contribution in [-0.2, 0) is 4.79 Å². The Hall–Kier alpha value is -1.88. The minimum Gasteiger partial charge on any atom is -0.493 e. The van der Waals surface area contributed by atoms with Gasteiger partial charge in [0.2, 0.25) is 0 Å². The van der Waals surface area contributed by atoms with E-state index in [1.807, 2.05) is 21.0 Å². The first-order valence-electron chi connectivity index (χ1n) is 5.90. The zero-order chi connectivity index (χ0) is 14.6. The summed E-state index contributed by atoms with van der Waals surface area (Å²) in [4.78, 5) is 24.9. The van der Waals surface area contributed by atoms with Gasteiger partial charge in [0, 0.05) is 12.5 Å². The van der Waals surface area contributed by atoms with Gasteiger partial charge in [-0.05, 0) is 38.7 Å². The number of ketones is 1. The van der Waals surface area contributed by atoms with Gasteiger partial charge in [-0.25, -0.2) is 0 Å². The van der Waals surface area contributed by atoms with Crippen molar-refractivity contribution in [3.05, 3.63) is 23.3 Å². The molecule has 0 saturated heterocycles. The Morgan fingerprint density at radius 1 is 1.21 bits per heavy atom. The van der Waals surface area contributed by atoms with Crippen LogP contribution in [0, 0.1) is 6.92 Å². The van der Waals surface area contributed by atoms with E-state index in [9.17, 15) is 9.59 Å². The number of Topliss-reactive ketones (excluding diaryl/α,β-unsaturated/α-hetero) is 1. The van der Waals surface area contributed by atoms with Crippen LogP contribution < -0.4 is 9.47 Å². The van der Waals surface area contributed by atoms with Gasteiger partial charge in [0.25, 0.3) is 0 Å². The fourth-order valence-corrected chi connectivity index (χ4v) is 1.73. The van der Waals surface area contributed by atoms with Crippen LogP contribution in [0.2, 0.25) is 0 Å². The van der Waals surface area contributed by atoms with Crippen LogP contribution in [0.5, 0.6) is 11.5 Å². The third-order valence-corrected chi connectivity index (χ3v) is 2.52. The Bertz CT molecular complexity index is 494. The molecular weight excluding hydrogens is 246 g/mol. The summed E-state index contributed by atoms with van der Waals surface area (Å²) in [5.74, 6) is 0.225. The quantitative estimate of drug-likeness (QED) is 0.460. The topological polar surface area (TPSA) is 55.8 Å². The summed E-state index contributed by atoms with van der Waals surface area (Å²) in [5.41, 5.74) is 1.32. The first kappa shape index (κ1) is 15.2. The van der Waals surface area contributed by atoms with E-state index >= 15 is 0 Å². The third-order valence-electron chi connectivity index (χ3n) is 2.52. The monoisotopic (exact) mass is 265 g/mol. The standard InChI is InChI=1S/C14H19NO4/c1-9-6-13(18-5)14(19-10(2)16)7-11(9)12(17)8-15(3)4/h6-7H,8H2,1-5H3. The van der Waals surface area contributed by atoms with Gasteiger partial charge in [-0.1, -0.05) is 0 Å². The number of nitrogens with zero attached hydrogens (tertiary/aromatic N) is 1. The van der Waals surface area contributed by atoms with Gasteiger partial charge < -0.3 is 14.4 Å². The molecule has 1 rings (SSSR count). The van der Waals surface area contributed by atoms with E-state index in [0.717, 1.165) is 5.56 Å². The maximum absolute atomic E-state index is 12.1. The van der Waals surface area contributed by atoms with E-state index in [0.29, 0.717) is 17.9 Å². The number of rotatable bonds is 5. The summed E-state index contributed by atoms with van der Waals surface area (Å²) < 4.78 is 10.2. The van der Waals surface area contributed by atoms with Crippen LogP contribution in [0.1, 0.15) is 22.8 Å². The minimum atomic E-state index is -0.451. The van der Waals surface area contributed by atoms with Crippen molar-refractivity contribution in [2.75, 3.05) is 27.7 Å². The summed E-state index contributed by atoms with van der Waals surface area (Å²) >= 11 is 0. The van der Waals surface area contributed by atoms with Crippen molar-refractivity contribution in [2.45, 2.75) is 13.8 Å². The summed E-state index contributed by atoms with van der Waals surface area (Å²) in [6.45, 7) is 3.43. The van der Waals surface area contributed by atoms with E-state index in [1.54, 1.807) is 17.0 Å². The maximum atomic E-state index is 12.1. The van der Waals surface area contributed by atoms with E-state index in [1.165, 1.54) is 14.0 Å². The maximum Gasteiger partial charge on any atom is 0.308 e. The molecule has 0 aliphatic rings. The lowest BCUT2D eigenvalue weighted by Crippen LogP contribution is -2.22. The number of hydrogen-bond donors (Lipinski definition) is 0. The highest BCUT2D eigenvalue weighted by molar-refractivity contribution is 5.99. The zero-order valence-electron chi connectivity index (χ0n) is 11.9. The van der Waals surface area contributed by atoms with Crippen LogP contribution >= 0.6 is 0 Å². The first-order chi connectivity index (χ1) is 8.85. The Morgan fingerprint density at radius 2 is 1.84 bits per heavy atom. The van der Waals surface area contributed by atoms with Crippen molar-refractivity contribution in [3.63, 3.8) is 0 Å². The number of ether oxygens (including phenoxy) is 2. The molecule has 0 bridgehead atoms. The summed E-state index contributed by atoms with van der Waals surface area (Å²) in [6, 6.07) is 3.25. The van der Waals surface area contributed by atoms with E-state index in [4.69, 9.17) is 9.47 Å². The number of benzene rings is 1. The minimum absolute atomic E-state index is 0.0291. The Kier molecular flexibility index (Phi) is 5.06. The second-order valence-corrected chi connectivity index (χ2v) is 4.57. The van der Waals surface area contributed by atoms with Gasteiger partial charge >= 0.3 is 5.97 Å². The molecule has 5 nitrogen and oxygen atoms in total. The molecule has 0 aromatic heterocycles. The molecule has 0 radical (unpaired) electrons. The Labute approximate surface area is 113 Å². The molecular formula is C14H19NO4. The number of hydrogen-bond acceptors (Lipinski definition) is 5. The van der Waals surface area contributed by atoms with Crippen LogP contribution in [-0.4, -0.2) is 44.4 Å². The fourth-order valence-electron chi connectivity index (χ4n) is 1.73. The van der Waals surface area contributed by atoms with Crippen molar-refractivity contribution < 1.29 is 19.1 Å². The van der Waals surface area contributed by atoms with Crippen LogP contribution in [0.25, 0.3) is 0 Å². The predicted octanol–water partition coefficient (Wildman–Crippen LogP) is 1.67. The lowest BCUT2D eigenvalue weighted by Gasteiger charge is -2.14. The summed E-state index contributed by atoms with van der Waals surface area (Å²) in [7, 11) is 5.14. The molecule has 104 valence electrons. The van der Waals surface area contributed by atoms with Crippen LogP contribution in [0.3, 0.4) is 0 Å². The van der Waals surface area contributed by atoms with Gasteiger partial charge in [-0.3, -0.25) is 9.59 Å². The summed E-state index contributed by atoms with van der Waals surface area (Å²) in [5, 5.41) is 0. The molecule has 0 saturated carbocycles. The lowest BCUT2D eigenvalue weighted by molar-refractivity contribution is -0.132. The molecule has 19 heavy (non-hydrogen) atoms. The van der Waals surface area contributed by atoms with Gasteiger partial charge in [0.05, 0.1) is 13.7 Å². The zero-order valence-corrected chi connectivity index (χ0v) is 11.9. The number of carbonyl (C=O) groups is 2. The SMILES string of the molecule is COc1cc(C)c(C(=O)CN(C)C)cc1OC(C)=O. The highest BCUT2D eigenvalue weighted by Crippen LogP contribution is 2.31. The molecule has 1 aromatic carbocycles. The average Bonchev–Trinajstić information content (AvgIpc) is 2.29. The van der Waals surface area contributed by atoms with E-state index < -0.39 is 5.97 Å². The molecule has 5 heteroatoms. The van der Waals surface area contributed by atoms with Crippen molar-refractivity contribution >= 4 is 11.8 Å². The Balaban J connectivity index is 3.18. The van der Waals surface area contributed by atoms with E-state index in [-0.39, 0.29) is 11.5 Å². The summed E-state index contributed by atoms with van der Waals surface area (Å²) in [6.07, 6.45) is 0. The van der Waals surface area contributed by atoms with Gasteiger partial charge in [-0.15, -0.1) is 0 Å². The molecule has 0 unspecified atom stereocenters. The highest BCUT2D eigenvalue weighted by atomic mass is 16.6. The van der Waals surface area contributed by atoms with Gasteiger partial charge in [-0.2, -0.15) is 0 Å². The smallest absolute Gasteiger partial charge is 0.308 e. The fraction of sp³-hybridized carbons (Fsp3) is 0.429. The third kappa shape index (κ3) is 4.06. The van der Waals surface area contributed by atoms with Gasteiger partial charge in [0.1, 0.15) is 0 Å².